The lowest BCUT2D eigenvalue weighted by Gasteiger charge is -2.13. The third-order valence-electron chi connectivity index (χ3n) is 2.63. The first-order valence-corrected chi connectivity index (χ1v) is 5.37. The zero-order chi connectivity index (χ0) is 13.3. The van der Waals surface area contributed by atoms with Crippen LogP contribution in [0.3, 0.4) is 0 Å². The molecule has 0 spiro atoms. The molecule has 98 valence electrons. The molecule has 0 aliphatic carbocycles. The van der Waals surface area contributed by atoms with Crippen LogP contribution in [0.25, 0.3) is 0 Å². The van der Waals surface area contributed by atoms with E-state index in [1.807, 2.05) is 0 Å². The molecule has 0 bridgehead atoms. The van der Waals surface area contributed by atoms with E-state index >= 15 is 0 Å². The van der Waals surface area contributed by atoms with Crippen LogP contribution in [0.5, 0.6) is 5.75 Å². The van der Waals surface area contributed by atoms with Crippen LogP contribution in [-0.4, -0.2) is 29.9 Å². The first kappa shape index (κ1) is 12.8. The molecule has 1 aromatic carbocycles. The second-order valence-electron chi connectivity index (χ2n) is 4.45. The third kappa shape index (κ3) is 2.76. The summed E-state index contributed by atoms with van der Waals surface area (Å²) in [7, 11) is 0. The van der Waals surface area contributed by atoms with E-state index in [-0.39, 0.29) is 17.9 Å². The molecule has 18 heavy (non-hydrogen) atoms. The number of hydrogen-bond acceptors (Lipinski definition) is 3. The molecule has 2 rings (SSSR count). The molecular formula is C12H12F2O4. The van der Waals surface area contributed by atoms with Crippen LogP contribution in [-0.2, 0) is 16.0 Å². The van der Waals surface area contributed by atoms with Gasteiger partial charge in [-0.2, -0.15) is 4.39 Å². The molecule has 1 saturated heterocycles. The predicted octanol–water partition coefficient (Wildman–Crippen LogP) is 1.76. The third-order valence-corrected chi connectivity index (χ3v) is 2.63. The summed E-state index contributed by atoms with van der Waals surface area (Å²) in [6, 6.07) is 2.09. The summed E-state index contributed by atoms with van der Waals surface area (Å²) in [4.78, 5) is 10.6. The molecule has 1 aromatic rings. The van der Waals surface area contributed by atoms with Gasteiger partial charge in [0.2, 0.25) is 5.82 Å². The quantitative estimate of drug-likeness (QED) is 0.817. The van der Waals surface area contributed by atoms with Gasteiger partial charge in [-0.05, 0) is 13.0 Å². The maximum atomic E-state index is 13.6. The van der Waals surface area contributed by atoms with E-state index in [9.17, 15) is 13.6 Å². The number of rotatable bonds is 5. The topological polar surface area (TPSA) is 59.1 Å². The molecule has 6 heteroatoms. The van der Waals surface area contributed by atoms with Crippen LogP contribution in [0.15, 0.2) is 12.1 Å². The highest BCUT2D eigenvalue weighted by molar-refractivity contribution is 5.71. The minimum Gasteiger partial charge on any atom is -0.487 e. The Kier molecular flexibility index (Phi) is 3.21. The van der Waals surface area contributed by atoms with Crippen LogP contribution in [0.2, 0.25) is 0 Å². The van der Waals surface area contributed by atoms with Gasteiger partial charge >= 0.3 is 5.97 Å². The average Bonchev–Trinajstić information content (AvgIpc) is 3.01. The molecule has 1 heterocycles. The lowest BCUT2D eigenvalue weighted by atomic mass is 10.1. The van der Waals surface area contributed by atoms with Crippen molar-refractivity contribution in [2.75, 3.05) is 13.2 Å². The maximum absolute atomic E-state index is 13.6. The van der Waals surface area contributed by atoms with Gasteiger partial charge in [-0.15, -0.1) is 0 Å². The van der Waals surface area contributed by atoms with Gasteiger partial charge in [0.15, 0.2) is 11.6 Å². The van der Waals surface area contributed by atoms with Crippen molar-refractivity contribution >= 4 is 5.97 Å². The fraction of sp³-hybridized carbons (Fsp3) is 0.417. The molecular weight excluding hydrogens is 246 g/mol. The Morgan fingerprint density at radius 3 is 2.78 bits per heavy atom. The van der Waals surface area contributed by atoms with Gasteiger partial charge in [0.05, 0.1) is 13.0 Å². The Hall–Kier alpha value is -1.69. The van der Waals surface area contributed by atoms with Crippen molar-refractivity contribution in [2.45, 2.75) is 18.9 Å². The van der Waals surface area contributed by atoms with Gasteiger partial charge < -0.3 is 14.6 Å². The van der Waals surface area contributed by atoms with Crippen molar-refractivity contribution < 1.29 is 28.2 Å². The predicted molar refractivity (Wildman–Crippen MR) is 57.5 cm³/mol. The molecule has 1 fully saturated rings. The minimum atomic E-state index is -1.17. The summed E-state index contributed by atoms with van der Waals surface area (Å²) in [5.41, 5.74) is -0.384. The number of aliphatic carboxylic acids is 1. The SMILES string of the molecule is C[C@@]1(COc2c(CC(=O)O)ccc(F)c2F)CO1. The van der Waals surface area contributed by atoms with Gasteiger partial charge in [-0.1, -0.05) is 6.07 Å². The van der Waals surface area contributed by atoms with Gasteiger partial charge in [0, 0.05) is 5.56 Å². The largest absolute Gasteiger partial charge is 0.487 e. The van der Waals surface area contributed by atoms with Crippen molar-refractivity contribution in [1.29, 1.82) is 0 Å². The number of hydrogen-bond donors (Lipinski definition) is 1. The number of benzene rings is 1. The maximum Gasteiger partial charge on any atom is 0.307 e. The van der Waals surface area contributed by atoms with E-state index < -0.39 is 29.6 Å². The Labute approximate surface area is 102 Å². The Morgan fingerprint density at radius 2 is 2.22 bits per heavy atom. The molecule has 4 nitrogen and oxygen atoms in total. The van der Waals surface area contributed by atoms with Gasteiger partial charge in [-0.25, -0.2) is 4.39 Å². The van der Waals surface area contributed by atoms with Crippen LogP contribution >= 0.6 is 0 Å². The summed E-state index contributed by atoms with van der Waals surface area (Å²) in [5.74, 6) is -3.73. The molecule has 0 aromatic heterocycles. The molecule has 0 radical (unpaired) electrons. The molecule has 1 N–H and O–H groups in total. The zero-order valence-corrected chi connectivity index (χ0v) is 9.70. The van der Waals surface area contributed by atoms with E-state index in [4.69, 9.17) is 14.6 Å². The van der Waals surface area contributed by atoms with Crippen molar-refractivity contribution in [3.05, 3.63) is 29.3 Å². The van der Waals surface area contributed by atoms with Gasteiger partial charge in [0.1, 0.15) is 12.2 Å². The number of carbonyl (C=O) groups is 1. The minimum absolute atomic E-state index is 0.0555. The molecule has 1 atom stereocenters. The summed E-state index contributed by atoms with van der Waals surface area (Å²) >= 11 is 0. The lowest BCUT2D eigenvalue weighted by Crippen LogP contribution is -2.19. The lowest BCUT2D eigenvalue weighted by molar-refractivity contribution is -0.136. The van der Waals surface area contributed by atoms with Crippen molar-refractivity contribution in [1.82, 2.24) is 0 Å². The standard InChI is InChI=1S/C12H12F2O4/c1-12(6-18-12)5-17-11-7(4-9(15)16)2-3-8(13)10(11)14/h2-3H,4-6H2,1H3,(H,15,16)/t12-/m1/s1. The van der Waals surface area contributed by atoms with Crippen molar-refractivity contribution in [3.63, 3.8) is 0 Å². The van der Waals surface area contributed by atoms with Crippen molar-refractivity contribution in [3.8, 4) is 5.75 Å². The number of epoxide rings is 1. The van der Waals surface area contributed by atoms with Gasteiger partial charge in [0.25, 0.3) is 0 Å². The first-order valence-electron chi connectivity index (χ1n) is 5.37. The Morgan fingerprint density at radius 1 is 1.56 bits per heavy atom. The first-order chi connectivity index (χ1) is 8.41. The van der Waals surface area contributed by atoms with Gasteiger partial charge in [-0.3, -0.25) is 4.79 Å². The highest BCUT2D eigenvalue weighted by Crippen LogP contribution is 2.30. The van der Waals surface area contributed by atoms with E-state index in [0.29, 0.717) is 6.61 Å². The fourth-order valence-corrected chi connectivity index (χ4v) is 1.46. The normalized spacial score (nSPS) is 21.7. The highest BCUT2D eigenvalue weighted by atomic mass is 19.2. The number of halogens is 2. The van der Waals surface area contributed by atoms with E-state index in [1.54, 1.807) is 6.92 Å². The smallest absolute Gasteiger partial charge is 0.307 e. The summed E-state index contributed by atoms with van der Waals surface area (Å²) < 4.78 is 36.9. The Balaban J connectivity index is 2.22. The summed E-state index contributed by atoms with van der Waals surface area (Å²) in [6.07, 6.45) is -0.426. The second-order valence-corrected chi connectivity index (χ2v) is 4.45. The molecule has 0 saturated carbocycles. The van der Waals surface area contributed by atoms with Crippen molar-refractivity contribution in [2.24, 2.45) is 0 Å². The monoisotopic (exact) mass is 258 g/mol. The molecule has 0 amide bonds. The summed E-state index contributed by atoms with van der Waals surface area (Å²) in [6.45, 7) is 2.30. The van der Waals surface area contributed by atoms with E-state index in [2.05, 4.69) is 0 Å². The fourth-order valence-electron chi connectivity index (χ4n) is 1.46. The molecule has 0 unspecified atom stereocenters. The van der Waals surface area contributed by atoms with Crippen LogP contribution in [0.4, 0.5) is 8.78 Å². The second kappa shape index (κ2) is 4.53. The van der Waals surface area contributed by atoms with Crippen LogP contribution in [0, 0.1) is 11.6 Å². The zero-order valence-electron chi connectivity index (χ0n) is 9.70. The van der Waals surface area contributed by atoms with E-state index in [0.717, 1.165) is 6.07 Å². The average molecular weight is 258 g/mol. The summed E-state index contributed by atoms with van der Waals surface area (Å²) in [5, 5.41) is 8.70. The van der Waals surface area contributed by atoms with Crippen LogP contribution < -0.4 is 4.74 Å². The Bertz CT molecular complexity index is 483. The number of carboxylic acid groups (broad SMARTS) is 1. The molecule has 1 aliphatic heterocycles. The van der Waals surface area contributed by atoms with E-state index in [1.165, 1.54) is 6.07 Å². The van der Waals surface area contributed by atoms with Crippen LogP contribution in [0.1, 0.15) is 12.5 Å². The number of ether oxygens (including phenoxy) is 2. The molecule has 1 aliphatic rings. The highest BCUT2D eigenvalue weighted by Gasteiger charge is 2.40. The number of carboxylic acids is 1.